The van der Waals surface area contributed by atoms with Crippen LogP contribution in [0.2, 0.25) is 0 Å². The van der Waals surface area contributed by atoms with E-state index < -0.39 is 0 Å². The lowest BCUT2D eigenvalue weighted by atomic mass is 10.2. The maximum atomic E-state index is 11.7. The standard InChI is InChI=1S/C11H17N3O2/c1-7-9(8(2)16-14-7)6-13-11(15)10-4-3-5-12-10/h10,12H,3-6H2,1-2H3,(H,13,15)/t10-/m0/s1. The van der Waals surface area contributed by atoms with E-state index in [4.69, 9.17) is 4.52 Å². The van der Waals surface area contributed by atoms with Crippen molar-refractivity contribution in [1.82, 2.24) is 15.8 Å². The molecule has 88 valence electrons. The zero-order chi connectivity index (χ0) is 11.5. The molecular formula is C11H17N3O2. The van der Waals surface area contributed by atoms with Crippen LogP contribution in [-0.2, 0) is 11.3 Å². The van der Waals surface area contributed by atoms with Crippen molar-refractivity contribution >= 4 is 5.91 Å². The van der Waals surface area contributed by atoms with Crippen LogP contribution in [0, 0.1) is 13.8 Å². The Hall–Kier alpha value is -1.36. The SMILES string of the molecule is Cc1noc(C)c1CNC(=O)[C@@H]1CCCN1. The summed E-state index contributed by atoms with van der Waals surface area (Å²) in [5.74, 6) is 0.842. The Morgan fingerprint density at radius 1 is 1.62 bits per heavy atom. The number of nitrogens with zero attached hydrogens (tertiary/aromatic N) is 1. The number of aryl methyl sites for hydroxylation is 2. The third-order valence-electron chi connectivity index (χ3n) is 3.00. The second-order valence-corrected chi connectivity index (χ2v) is 4.17. The van der Waals surface area contributed by atoms with E-state index in [0.29, 0.717) is 6.54 Å². The molecule has 0 bridgehead atoms. The Morgan fingerprint density at radius 2 is 2.44 bits per heavy atom. The van der Waals surface area contributed by atoms with Gasteiger partial charge < -0.3 is 15.2 Å². The van der Waals surface area contributed by atoms with Crippen LogP contribution in [0.5, 0.6) is 0 Å². The van der Waals surface area contributed by atoms with E-state index in [0.717, 1.165) is 36.4 Å². The van der Waals surface area contributed by atoms with Crippen molar-refractivity contribution in [3.63, 3.8) is 0 Å². The molecule has 5 heteroatoms. The zero-order valence-corrected chi connectivity index (χ0v) is 9.67. The molecule has 2 N–H and O–H groups in total. The molecule has 16 heavy (non-hydrogen) atoms. The Balaban J connectivity index is 1.89. The first-order valence-electron chi connectivity index (χ1n) is 5.61. The topological polar surface area (TPSA) is 67.2 Å². The molecule has 2 rings (SSSR count). The highest BCUT2D eigenvalue weighted by molar-refractivity contribution is 5.82. The summed E-state index contributed by atoms with van der Waals surface area (Å²) >= 11 is 0. The van der Waals surface area contributed by atoms with E-state index in [1.54, 1.807) is 0 Å². The Labute approximate surface area is 94.6 Å². The molecule has 0 unspecified atom stereocenters. The molecule has 0 spiro atoms. The van der Waals surface area contributed by atoms with Gasteiger partial charge in [-0.05, 0) is 33.2 Å². The number of aromatic nitrogens is 1. The molecule has 1 amide bonds. The molecular weight excluding hydrogens is 206 g/mol. The van der Waals surface area contributed by atoms with Crippen molar-refractivity contribution in [2.75, 3.05) is 6.54 Å². The third-order valence-corrected chi connectivity index (χ3v) is 3.00. The van der Waals surface area contributed by atoms with Gasteiger partial charge in [0.1, 0.15) is 5.76 Å². The first-order chi connectivity index (χ1) is 7.68. The largest absolute Gasteiger partial charge is 0.361 e. The maximum absolute atomic E-state index is 11.7. The fourth-order valence-corrected chi connectivity index (χ4v) is 1.96. The molecule has 2 heterocycles. The number of hydrogen-bond donors (Lipinski definition) is 2. The lowest BCUT2D eigenvalue weighted by molar-refractivity contribution is -0.122. The van der Waals surface area contributed by atoms with Gasteiger partial charge in [-0.2, -0.15) is 0 Å². The molecule has 1 aromatic heterocycles. The molecule has 0 saturated carbocycles. The van der Waals surface area contributed by atoms with Crippen LogP contribution in [0.25, 0.3) is 0 Å². The lowest BCUT2D eigenvalue weighted by Crippen LogP contribution is -2.40. The quantitative estimate of drug-likeness (QED) is 0.790. The van der Waals surface area contributed by atoms with Crippen LogP contribution >= 0.6 is 0 Å². The minimum Gasteiger partial charge on any atom is -0.361 e. The van der Waals surface area contributed by atoms with Gasteiger partial charge in [0.05, 0.1) is 11.7 Å². The second-order valence-electron chi connectivity index (χ2n) is 4.17. The summed E-state index contributed by atoms with van der Waals surface area (Å²) in [5.41, 5.74) is 1.82. The van der Waals surface area contributed by atoms with Gasteiger partial charge in [-0.1, -0.05) is 5.16 Å². The van der Waals surface area contributed by atoms with E-state index in [9.17, 15) is 4.79 Å². The van der Waals surface area contributed by atoms with E-state index in [1.807, 2.05) is 13.8 Å². The summed E-state index contributed by atoms with van der Waals surface area (Å²) in [4.78, 5) is 11.7. The summed E-state index contributed by atoms with van der Waals surface area (Å²) in [6.45, 7) is 5.17. The monoisotopic (exact) mass is 223 g/mol. The second kappa shape index (κ2) is 4.65. The van der Waals surface area contributed by atoms with E-state index >= 15 is 0 Å². The van der Waals surface area contributed by atoms with Gasteiger partial charge in [0.15, 0.2) is 0 Å². The van der Waals surface area contributed by atoms with Crippen molar-refractivity contribution in [3.05, 3.63) is 17.0 Å². The van der Waals surface area contributed by atoms with Crippen LogP contribution in [-0.4, -0.2) is 23.7 Å². The molecule has 1 aromatic rings. The molecule has 1 aliphatic heterocycles. The minimum atomic E-state index is -0.0273. The molecule has 0 radical (unpaired) electrons. The highest BCUT2D eigenvalue weighted by Gasteiger charge is 2.22. The average molecular weight is 223 g/mol. The van der Waals surface area contributed by atoms with Gasteiger partial charge in [-0.3, -0.25) is 4.79 Å². The van der Waals surface area contributed by atoms with Crippen molar-refractivity contribution in [2.24, 2.45) is 0 Å². The van der Waals surface area contributed by atoms with Crippen LogP contribution in [0.3, 0.4) is 0 Å². The fourth-order valence-electron chi connectivity index (χ4n) is 1.96. The Morgan fingerprint density at radius 3 is 3.00 bits per heavy atom. The first-order valence-corrected chi connectivity index (χ1v) is 5.61. The highest BCUT2D eigenvalue weighted by Crippen LogP contribution is 2.12. The average Bonchev–Trinajstić information content (AvgIpc) is 2.87. The Kier molecular flexibility index (Phi) is 3.24. The number of nitrogens with one attached hydrogen (secondary N) is 2. The molecule has 1 atom stereocenters. The first kappa shape index (κ1) is 11.1. The number of carbonyl (C=O) groups excluding carboxylic acids is 1. The van der Waals surface area contributed by atoms with Gasteiger partial charge in [0, 0.05) is 12.1 Å². The smallest absolute Gasteiger partial charge is 0.237 e. The summed E-state index contributed by atoms with van der Waals surface area (Å²) in [6, 6.07) is -0.0273. The third kappa shape index (κ3) is 2.24. The van der Waals surface area contributed by atoms with E-state index in [2.05, 4.69) is 15.8 Å². The number of amides is 1. The number of rotatable bonds is 3. The van der Waals surface area contributed by atoms with E-state index in [1.165, 1.54) is 0 Å². The summed E-state index contributed by atoms with van der Waals surface area (Å²) < 4.78 is 5.04. The van der Waals surface area contributed by atoms with Crippen LogP contribution < -0.4 is 10.6 Å². The van der Waals surface area contributed by atoms with Crippen molar-refractivity contribution < 1.29 is 9.32 Å². The van der Waals surface area contributed by atoms with E-state index in [-0.39, 0.29) is 11.9 Å². The summed E-state index contributed by atoms with van der Waals surface area (Å²) in [5, 5.41) is 9.92. The molecule has 1 fully saturated rings. The fraction of sp³-hybridized carbons (Fsp3) is 0.636. The molecule has 1 saturated heterocycles. The lowest BCUT2D eigenvalue weighted by Gasteiger charge is -2.10. The van der Waals surface area contributed by atoms with Gasteiger partial charge in [-0.25, -0.2) is 0 Å². The van der Waals surface area contributed by atoms with Gasteiger partial charge in [0.25, 0.3) is 0 Å². The van der Waals surface area contributed by atoms with Gasteiger partial charge >= 0.3 is 0 Å². The van der Waals surface area contributed by atoms with Crippen LogP contribution in [0.15, 0.2) is 4.52 Å². The maximum Gasteiger partial charge on any atom is 0.237 e. The van der Waals surface area contributed by atoms with Crippen molar-refractivity contribution in [1.29, 1.82) is 0 Å². The highest BCUT2D eigenvalue weighted by atomic mass is 16.5. The predicted octanol–water partition coefficient (Wildman–Crippen LogP) is 0.660. The number of hydrogen-bond acceptors (Lipinski definition) is 4. The van der Waals surface area contributed by atoms with Gasteiger partial charge in [0.2, 0.25) is 5.91 Å². The number of carbonyl (C=O) groups is 1. The summed E-state index contributed by atoms with van der Waals surface area (Å²) in [6.07, 6.45) is 2.00. The Bertz CT molecular complexity index is 361. The van der Waals surface area contributed by atoms with Gasteiger partial charge in [-0.15, -0.1) is 0 Å². The van der Waals surface area contributed by atoms with Crippen molar-refractivity contribution in [3.8, 4) is 0 Å². The summed E-state index contributed by atoms with van der Waals surface area (Å²) in [7, 11) is 0. The molecule has 0 aliphatic carbocycles. The van der Waals surface area contributed by atoms with Crippen molar-refractivity contribution in [2.45, 2.75) is 39.3 Å². The molecule has 1 aliphatic rings. The minimum absolute atomic E-state index is 0.0273. The normalized spacial score (nSPS) is 20.0. The molecule has 5 nitrogen and oxygen atoms in total. The van der Waals surface area contributed by atoms with Crippen LogP contribution in [0.1, 0.15) is 29.9 Å². The molecule has 0 aromatic carbocycles. The zero-order valence-electron chi connectivity index (χ0n) is 9.67. The van der Waals surface area contributed by atoms with Crippen LogP contribution in [0.4, 0.5) is 0 Å². The predicted molar refractivity (Wildman–Crippen MR) is 58.8 cm³/mol.